The SMILES string of the molecule is CCCc1cc(N(Cc2cccc(N)c2)C(C)C)ncn1. The van der Waals surface area contributed by atoms with E-state index >= 15 is 0 Å². The summed E-state index contributed by atoms with van der Waals surface area (Å²) in [5.74, 6) is 0.978. The molecule has 2 rings (SSSR count). The first-order valence-electron chi connectivity index (χ1n) is 7.52. The first-order valence-corrected chi connectivity index (χ1v) is 7.52. The highest BCUT2D eigenvalue weighted by Gasteiger charge is 2.13. The fourth-order valence-corrected chi connectivity index (χ4v) is 2.35. The van der Waals surface area contributed by atoms with E-state index in [1.807, 2.05) is 18.2 Å². The number of nitrogens with zero attached hydrogens (tertiary/aromatic N) is 3. The van der Waals surface area contributed by atoms with Gasteiger partial charge in [0.2, 0.25) is 0 Å². The summed E-state index contributed by atoms with van der Waals surface area (Å²) in [6.45, 7) is 7.31. The van der Waals surface area contributed by atoms with Gasteiger partial charge in [-0.2, -0.15) is 0 Å². The Kier molecular flexibility index (Phi) is 5.14. The number of hydrogen-bond acceptors (Lipinski definition) is 4. The van der Waals surface area contributed by atoms with E-state index < -0.39 is 0 Å². The molecule has 0 aliphatic rings. The highest BCUT2D eigenvalue weighted by atomic mass is 15.2. The predicted molar refractivity (Wildman–Crippen MR) is 88.2 cm³/mol. The summed E-state index contributed by atoms with van der Waals surface area (Å²) in [5.41, 5.74) is 8.96. The number of anilines is 2. The minimum Gasteiger partial charge on any atom is -0.399 e. The maximum Gasteiger partial charge on any atom is 0.132 e. The van der Waals surface area contributed by atoms with Gasteiger partial charge in [-0.3, -0.25) is 0 Å². The zero-order valence-corrected chi connectivity index (χ0v) is 13.1. The maximum atomic E-state index is 5.87. The lowest BCUT2D eigenvalue weighted by molar-refractivity contribution is 0.669. The Morgan fingerprint density at radius 1 is 1.19 bits per heavy atom. The van der Waals surface area contributed by atoms with Crippen LogP contribution in [0.4, 0.5) is 11.5 Å². The van der Waals surface area contributed by atoms with Crippen molar-refractivity contribution in [3.8, 4) is 0 Å². The van der Waals surface area contributed by atoms with Crippen LogP contribution in [-0.4, -0.2) is 16.0 Å². The van der Waals surface area contributed by atoms with Crippen molar-refractivity contribution in [2.75, 3.05) is 10.6 Å². The lowest BCUT2D eigenvalue weighted by Gasteiger charge is -2.28. The Labute approximate surface area is 127 Å². The van der Waals surface area contributed by atoms with Gasteiger partial charge in [0.05, 0.1) is 0 Å². The topological polar surface area (TPSA) is 55.0 Å². The van der Waals surface area contributed by atoms with E-state index in [1.54, 1.807) is 6.33 Å². The van der Waals surface area contributed by atoms with Crippen LogP contribution >= 0.6 is 0 Å². The van der Waals surface area contributed by atoms with Crippen LogP contribution in [0.25, 0.3) is 0 Å². The van der Waals surface area contributed by atoms with Crippen LogP contribution < -0.4 is 10.6 Å². The second-order valence-corrected chi connectivity index (χ2v) is 5.58. The molecule has 0 atom stereocenters. The lowest BCUT2D eigenvalue weighted by atomic mass is 10.1. The Balaban J connectivity index is 2.24. The fraction of sp³-hybridized carbons (Fsp3) is 0.412. The number of aryl methyl sites for hydroxylation is 1. The molecule has 1 aromatic carbocycles. The van der Waals surface area contributed by atoms with Crippen molar-refractivity contribution in [1.82, 2.24) is 9.97 Å². The van der Waals surface area contributed by atoms with Crippen LogP contribution in [0.1, 0.15) is 38.4 Å². The highest BCUT2D eigenvalue weighted by Crippen LogP contribution is 2.19. The summed E-state index contributed by atoms with van der Waals surface area (Å²) in [6.07, 6.45) is 3.74. The Morgan fingerprint density at radius 2 is 2.00 bits per heavy atom. The van der Waals surface area contributed by atoms with Gasteiger partial charge < -0.3 is 10.6 Å². The molecule has 1 heterocycles. The van der Waals surface area contributed by atoms with Crippen molar-refractivity contribution in [3.63, 3.8) is 0 Å². The van der Waals surface area contributed by atoms with E-state index in [4.69, 9.17) is 5.73 Å². The molecular formula is C17H24N4. The van der Waals surface area contributed by atoms with Crippen molar-refractivity contribution < 1.29 is 0 Å². The molecule has 0 aliphatic carbocycles. The molecule has 0 saturated heterocycles. The quantitative estimate of drug-likeness (QED) is 0.826. The standard InChI is InChI=1S/C17H24N4/c1-4-6-16-10-17(20-12-19-16)21(13(2)3)11-14-7-5-8-15(18)9-14/h5,7-10,12-13H,4,6,11,18H2,1-3H3. The fourth-order valence-electron chi connectivity index (χ4n) is 2.35. The van der Waals surface area contributed by atoms with Gasteiger partial charge in [0.25, 0.3) is 0 Å². The number of rotatable bonds is 6. The molecule has 0 unspecified atom stereocenters. The zero-order chi connectivity index (χ0) is 15.2. The minimum absolute atomic E-state index is 0.357. The Morgan fingerprint density at radius 3 is 2.67 bits per heavy atom. The molecule has 0 spiro atoms. The highest BCUT2D eigenvalue weighted by molar-refractivity contribution is 5.45. The number of benzene rings is 1. The number of nitrogen functional groups attached to an aromatic ring is 1. The van der Waals surface area contributed by atoms with Gasteiger partial charge in [-0.15, -0.1) is 0 Å². The van der Waals surface area contributed by atoms with Crippen LogP contribution in [0.5, 0.6) is 0 Å². The van der Waals surface area contributed by atoms with E-state index in [0.29, 0.717) is 6.04 Å². The summed E-state index contributed by atoms with van der Waals surface area (Å²) < 4.78 is 0. The summed E-state index contributed by atoms with van der Waals surface area (Å²) in [4.78, 5) is 11.1. The Bertz CT molecular complexity index is 581. The largest absolute Gasteiger partial charge is 0.399 e. The molecule has 0 amide bonds. The predicted octanol–water partition coefficient (Wildman–Crippen LogP) is 3.43. The van der Waals surface area contributed by atoms with Crippen LogP contribution in [-0.2, 0) is 13.0 Å². The van der Waals surface area contributed by atoms with E-state index in [1.165, 1.54) is 5.56 Å². The number of nitrogens with two attached hydrogens (primary N) is 1. The summed E-state index contributed by atoms with van der Waals surface area (Å²) in [6, 6.07) is 10.5. The maximum absolute atomic E-state index is 5.87. The van der Waals surface area contributed by atoms with Gasteiger partial charge in [-0.25, -0.2) is 9.97 Å². The van der Waals surface area contributed by atoms with Crippen LogP contribution in [0, 0.1) is 0 Å². The molecule has 4 heteroatoms. The molecule has 0 bridgehead atoms. The first kappa shape index (κ1) is 15.3. The van der Waals surface area contributed by atoms with Gasteiger partial charge >= 0.3 is 0 Å². The van der Waals surface area contributed by atoms with Gasteiger partial charge in [0.1, 0.15) is 12.1 Å². The number of aromatic nitrogens is 2. The molecule has 4 nitrogen and oxygen atoms in total. The van der Waals surface area contributed by atoms with Gasteiger partial charge in [0, 0.05) is 30.0 Å². The lowest BCUT2D eigenvalue weighted by Crippen LogP contribution is -2.31. The zero-order valence-electron chi connectivity index (χ0n) is 13.1. The van der Waals surface area contributed by atoms with Crippen molar-refractivity contribution >= 4 is 11.5 Å². The second-order valence-electron chi connectivity index (χ2n) is 5.58. The van der Waals surface area contributed by atoms with Crippen molar-refractivity contribution in [2.45, 2.75) is 46.2 Å². The van der Waals surface area contributed by atoms with E-state index in [2.05, 4.69) is 47.8 Å². The molecule has 0 fully saturated rings. The average Bonchev–Trinajstić information content (AvgIpc) is 2.45. The van der Waals surface area contributed by atoms with E-state index in [-0.39, 0.29) is 0 Å². The van der Waals surface area contributed by atoms with Crippen molar-refractivity contribution in [2.24, 2.45) is 0 Å². The van der Waals surface area contributed by atoms with Crippen molar-refractivity contribution in [1.29, 1.82) is 0 Å². The third kappa shape index (κ3) is 4.18. The molecule has 0 aliphatic heterocycles. The summed E-state index contributed by atoms with van der Waals surface area (Å²) in [5, 5.41) is 0. The second kappa shape index (κ2) is 7.07. The smallest absolute Gasteiger partial charge is 0.132 e. The van der Waals surface area contributed by atoms with Crippen molar-refractivity contribution in [3.05, 3.63) is 47.9 Å². The van der Waals surface area contributed by atoms with Crippen LogP contribution in [0.3, 0.4) is 0 Å². The minimum atomic E-state index is 0.357. The molecule has 1 aromatic heterocycles. The summed E-state index contributed by atoms with van der Waals surface area (Å²) >= 11 is 0. The Hall–Kier alpha value is -2.10. The van der Waals surface area contributed by atoms with Gasteiger partial charge in [-0.05, 0) is 38.0 Å². The number of hydrogen-bond donors (Lipinski definition) is 1. The molecule has 21 heavy (non-hydrogen) atoms. The van der Waals surface area contributed by atoms with E-state index in [9.17, 15) is 0 Å². The summed E-state index contributed by atoms with van der Waals surface area (Å²) in [7, 11) is 0. The third-order valence-electron chi connectivity index (χ3n) is 3.44. The van der Waals surface area contributed by atoms with E-state index in [0.717, 1.165) is 36.6 Å². The van der Waals surface area contributed by atoms with Crippen LogP contribution in [0.2, 0.25) is 0 Å². The van der Waals surface area contributed by atoms with Gasteiger partial charge in [-0.1, -0.05) is 25.5 Å². The molecule has 0 radical (unpaired) electrons. The normalized spacial score (nSPS) is 10.9. The van der Waals surface area contributed by atoms with Crippen LogP contribution in [0.15, 0.2) is 36.7 Å². The monoisotopic (exact) mass is 284 g/mol. The molecule has 2 aromatic rings. The third-order valence-corrected chi connectivity index (χ3v) is 3.44. The molecule has 112 valence electrons. The average molecular weight is 284 g/mol. The first-order chi connectivity index (χ1) is 10.1. The van der Waals surface area contributed by atoms with Gasteiger partial charge in [0.15, 0.2) is 0 Å². The molecular weight excluding hydrogens is 260 g/mol. The molecule has 0 saturated carbocycles. The molecule has 2 N–H and O–H groups in total.